The van der Waals surface area contributed by atoms with Crippen molar-refractivity contribution in [1.82, 2.24) is 0 Å². The minimum atomic E-state index is -2.19. The predicted molar refractivity (Wildman–Crippen MR) is 65.2 cm³/mol. The standard InChI is InChI=1S/C11H22O4Si/c1-7-13-16(6,8-2)15-10(5)14-11(12)9(3)4/h10H,3,7-8H2,1-2,4-6H3. The molecule has 0 bridgehead atoms. The second kappa shape index (κ2) is 6.83. The van der Waals surface area contributed by atoms with E-state index in [2.05, 4.69) is 6.58 Å². The number of hydrogen-bond donors (Lipinski definition) is 0. The molecule has 0 amide bonds. The van der Waals surface area contributed by atoms with Gasteiger partial charge in [0.25, 0.3) is 0 Å². The fourth-order valence-corrected chi connectivity index (χ4v) is 2.95. The Bertz CT molecular complexity index is 254. The Hall–Kier alpha value is -0.653. The molecule has 0 heterocycles. The zero-order chi connectivity index (χ0) is 12.8. The average molecular weight is 246 g/mol. The minimum Gasteiger partial charge on any atom is -0.434 e. The molecule has 0 aliphatic heterocycles. The van der Waals surface area contributed by atoms with Crippen LogP contribution >= 0.6 is 0 Å². The molecule has 0 radical (unpaired) electrons. The highest BCUT2D eigenvalue weighted by atomic mass is 28.4. The largest absolute Gasteiger partial charge is 0.434 e. The van der Waals surface area contributed by atoms with Gasteiger partial charge in [-0.15, -0.1) is 0 Å². The van der Waals surface area contributed by atoms with E-state index in [1.54, 1.807) is 13.8 Å². The van der Waals surface area contributed by atoms with Crippen molar-refractivity contribution in [3.05, 3.63) is 12.2 Å². The summed E-state index contributed by atoms with van der Waals surface area (Å²) in [6.07, 6.45) is -0.590. The summed E-state index contributed by atoms with van der Waals surface area (Å²) >= 11 is 0. The molecule has 0 spiro atoms. The van der Waals surface area contributed by atoms with Gasteiger partial charge in [-0.2, -0.15) is 0 Å². The van der Waals surface area contributed by atoms with Gasteiger partial charge in [0.05, 0.1) is 0 Å². The van der Waals surface area contributed by atoms with Crippen LogP contribution in [0.4, 0.5) is 0 Å². The molecule has 0 aromatic rings. The van der Waals surface area contributed by atoms with Crippen LogP contribution in [0.2, 0.25) is 12.6 Å². The molecular weight excluding hydrogens is 224 g/mol. The van der Waals surface area contributed by atoms with Crippen LogP contribution in [-0.2, 0) is 18.4 Å². The van der Waals surface area contributed by atoms with E-state index in [4.69, 9.17) is 13.6 Å². The molecule has 0 saturated heterocycles. The number of rotatable bonds is 7. The lowest BCUT2D eigenvalue weighted by Crippen LogP contribution is -2.42. The molecule has 0 rings (SSSR count). The summed E-state index contributed by atoms with van der Waals surface area (Å²) in [4.78, 5) is 11.3. The van der Waals surface area contributed by atoms with Crippen LogP contribution in [-0.4, -0.2) is 27.4 Å². The molecule has 2 unspecified atom stereocenters. The van der Waals surface area contributed by atoms with Crippen LogP contribution in [0.15, 0.2) is 12.2 Å². The normalized spacial score (nSPS) is 16.3. The van der Waals surface area contributed by atoms with E-state index < -0.39 is 20.8 Å². The summed E-state index contributed by atoms with van der Waals surface area (Å²) in [6.45, 7) is 13.3. The Labute approximate surface area is 98.8 Å². The van der Waals surface area contributed by atoms with E-state index in [1.165, 1.54) is 0 Å². The van der Waals surface area contributed by atoms with Gasteiger partial charge in [-0.3, -0.25) is 0 Å². The van der Waals surface area contributed by atoms with Gasteiger partial charge >= 0.3 is 14.5 Å². The van der Waals surface area contributed by atoms with E-state index in [9.17, 15) is 4.79 Å². The molecule has 0 aliphatic rings. The van der Waals surface area contributed by atoms with Crippen LogP contribution in [0.1, 0.15) is 27.7 Å². The molecule has 0 aromatic heterocycles. The summed E-state index contributed by atoms with van der Waals surface area (Å²) < 4.78 is 16.3. The minimum absolute atomic E-state index is 0.367. The van der Waals surface area contributed by atoms with Crippen LogP contribution in [0.25, 0.3) is 0 Å². The quantitative estimate of drug-likeness (QED) is 0.300. The van der Waals surface area contributed by atoms with Gasteiger partial charge in [0.2, 0.25) is 0 Å². The van der Waals surface area contributed by atoms with Gasteiger partial charge in [0.15, 0.2) is 6.29 Å². The molecule has 16 heavy (non-hydrogen) atoms. The molecule has 0 aromatic carbocycles. The average Bonchev–Trinajstić information content (AvgIpc) is 2.17. The van der Waals surface area contributed by atoms with Crippen molar-refractivity contribution < 1.29 is 18.4 Å². The lowest BCUT2D eigenvalue weighted by Gasteiger charge is -2.28. The lowest BCUT2D eigenvalue weighted by molar-refractivity contribution is -0.159. The molecule has 0 fully saturated rings. The first-order valence-electron chi connectivity index (χ1n) is 5.53. The topological polar surface area (TPSA) is 44.8 Å². The van der Waals surface area contributed by atoms with E-state index in [1.807, 2.05) is 20.4 Å². The number of carbonyl (C=O) groups is 1. The molecule has 0 N–H and O–H groups in total. The van der Waals surface area contributed by atoms with Crippen LogP contribution in [0, 0.1) is 0 Å². The monoisotopic (exact) mass is 246 g/mol. The van der Waals surface area contributed by atoms with E-state index in [0.29, 0.717) is 12.2 Å². The van der Waals surface area contributed by atoms with Gasteiger partial charge in [0.1, 0.15) is 0 Å². The van der Waals surface area contributed by atoms with Crippen molar-refractivity contribution in [1.29, 1.82) is 0 Å². The van der Waals surface area contributed by atoms with E-state index >= 15 is 0 Å². The molecule has 0 aliphatic carbocycles. The Balaban J connectivity index is 4.25. The van der Waals surface area contributed by atoms with Crippen LogP contribution < -0.4 is 0 Å². The van der Waals surface area contributed by atoms with Gasteiger partial charge in [0, 0.05) is 12.2 Å². The molecule has 4 nitrogen and oxygen atoms in total. The summed E-state index contributed by atoms with van der Waals surface area (Å²) in [6, 6.07) is 0.815. The third kappa shape index (κ3) is 5.44. The molecular formula is C11H22O4Si. The van der Waals surface area contributed by atoms with E-state index in [0.717, 1.165) is 6.04 Å². The zero-order valence-corrected chi connectivity index (χ0v) is 11.8. The number of ether oxygens (including phenoxy) is 1. The van der Waals surface area contributed by atoms with E-state index in [-0.39, 0.29) is 0 Å². The number of hydrogen-bond acceptors (Lipinski definition) is 4. The van der Waals surface area contributed by atoms with Crippen molar-refractivity contribution in [3.63, 3.8) is 0 Å². The number of esters is 1. The van der Waals surface area contributed by atoms with Crippen LogP contribution in [0.3, 0.4) is 0 Å². The first kappa shape index (κ1) is 15.3. The smallest absolute Gasteiger partial charge is 0.337 e. The first-order chi connectivity index (χ1) is 7.34. The molecule has 0 saturated carbocycles. The fraction of sp³-hybridized carbons (Fsp3) is 0.727. The highest BCUT2D eigenvalue weighted by Gasteiger charge is 2.32. The van der Waals surface area contributed by atoms with Crippen molar-refractivity contribution in [2.75, 3.05) is 6.61 Å². The first-order valence-corrected chi connectivity index (χ1v) is 8.05. The predicted octanol–water partition coefficient (Wildman–Crippen LogP) is 2.60. The highest BCUT2D eigenvalue weighted by molar-refractivity contribution is 6.65. The maximum absolute atomic E-state index is 11.3. The highest BCUT2D eigenvalue weighted by Crippen LogP contribution is 2.16. The molecule has 5 heteroatoms. The Morgan fingerprint density at radius 3 is 2.38 bits per heavy atom. The SMILES string of the molecule is C=C(C)C(=O)OC(C)O[Si](C)(CC)OCC. The zero-order valence-electron chi connectivity index (χ0n) is 10.8. The van der Waals surface area contributed by atoms with Crippen molar-refractivity contribution >= 4 is 14.5 Å². The lowest BCUT2D eigenvalue weighted by atomic mass is 10.4. The van der Waals surface area contributed by atoms with Gasteiger partial charge in [-0.1, -0.05) is 13.5 Å². The van der Waals surface area contributed by atoms with Gasteiger partial charge in [-0.05, 0) is 33.4 Å². The van der Waals surface area contributed by atoms with Gasteiger partial charge in [-0.25, -0.2) is 4.79 Å². The Morgan fingerprint density at radius 1 is 1.44 bits per heavy atom. The Kier molecular flexibility index (Phi) is 6.55. The molecule has 2 atom stereocenters. The second-order valence-electron chi connectivity index (χ2n) is 3.79. The Morgan fingerprint density at radius 2 is 2.00 bits per heavy atom. The van der Waals surface area contributed by atoms with Gasteiger partial charge < -0.3 is 13.6 Å². The molecule has 94 valence electrons. The maximum Gasteiger partial charge on any atom is 0.337 e. The summed E-state index contributed by atoms with van der Waals surface area (Å²) in [5.74, 6) is -0.434. The maximum atomic E-state index is 11.3. The third-order valence-corrected chi connectivity index (χ3v) is 5.14. The van der Waals surface area contributed by atoms with Crippen molar-refractivity contribution in [2.45, 2.75) is 46.6 Å². The van der Waals surface area contributed by atoms with Crippen molar-refractivity contribution in [3.8, 4) is 0 Å². The summed E-state index contributed by atoms with van der Waals surface area (Å²) in [5, 5.41) is 0. The second-order valence-corrected chi connectivity index (χ2v) is 7.29. The summed E-state index contributed by atoms with van der Waals surface area (Å²) in [7, 11) is -2.19. The third-order valence-electron chi connectivity index (χ3n) is 2.13. The fourth-order valence-electron chi connectivity index (χ4n) is 1.15. The van der Waals surface area contributed by atoms with Crippen LogP contribution in [0.5, 0.6) is 0 Å². The number of carbonyl (C=O) groups excluding carboxylic acids is 1. The van der Waals surface area contributed by atoms with Crippen molar-refractivity contribution in [2.24, 2.45) is 0 Å². The summed E-state index contributed by atoms with van der Waals surface area (Å²) in [5.41, 5.74) is 0.367.